The number of ether oxygens (including phenoxy) is 1. The van der Waals surface area contributed by atoms with Gasteiger partial charge in [-0.15, -0.1) is 0 Å². The molecule has 0 spiro atoms. The molecule has 1 unspecified atom stereocenters. The second kappa shape index (κ2) is 9.57. The van der Waals surface area contributed by atoms with Gasteiger partial charge in [0.2, 0.25) is 10.0 Å². The minimum Gasteiger partial charge on any atom is -0.494 e. The zero-order valence-electron chi connectivity index (χ0n) is 17.2. The van der Waals surface area contributed by atoms with E-state index in [4.69, 9.17) is 4.74 Å². The van der Waals surface area contributed by atoms with Crippen molar-refractivity contribution in [3.8, 4) is 5.75 Å². The molecule has 3 rings (SSSR count). The zero-order chi connectivity index (χ0) is 21.7. The van der Waals surface area contributed by atoms with Crippen LogP contribution in [-0.2, 0) is 10.0 Å². The van der Waals surface area contributed by atoms with E-state index in [0.29, 0.717) is 18.7 Å². The number of nitrogens with zero attached hydrogens (tertiary/aromatic N) is 1. The number of amides is 1. The van der Waals surface area contributed by atoms with Crippen molar-refractivity contribution in [3.05, 3.63) is 59.4 Å². The van der Waals surface area contributed by atoms with E-state index in [1.165, 1.54) is 35.7 Å². The summed E-state index contributed by atoms with van der Waals surface area (Å²) in [6.07, 6.45) is 3.74. The lowest BCUT2D eigenvalue weighted by Gasteiger charge is -2.20. The highest BCUT2D eigenvalue weighted by Gasteiger charge is 2.26. The van der Waals surface area contributed by atoms with E-state index in [1.807, 2.05) is 0 Å². The van der Waals surface area contributed by atoms with Gasteiger partial charge < -0.3 is 10.1 Å². The van der Waals surface area contributed by atoms with E-state index in [0.717, 1.165) is 25.7 Å². The Morgan fingerprint density at radius 2 is 1.80 bits per heavy atom. The molecule has 1 N–H and O–H groups in total. The van der Waals surface area contributed by atoms with Crippen LogP contribution in [0.15, 0.2) is 47.4 Å². The molecule has 1 heterocycles. The molecule has 0 radical (unpaired) electrons. The van der Waals surface area contributed by atoms with Gasteiger partial charge in [-0.1, -0.05) is 25.0 Å². The average molecular weight is 435 g/mol. The number of rotatable bonds is 6. The van der Waals surface area contributed by atoms with Gasteiger partial charge in [-0.25, -0.2) is 12.8 Å². The molecule has 1 saturated heterocycles. The summed E-state index contributed by atoms with van der Waals surface area (Å²) >= 11 is 0. The highest BCUT2D eigenvalue weighted by molar-refractivity contribution is 7.89. The molecule has 0 aromatic heterocycles. The van der Waals surface area contributed by atoms with Gasteiger partial charge in [-0.05, 0) is 55.7 Å². The molecule has 0 saturated carbocycles. The number of halogens is 1. The third kappa shape index (κ3) is 4.99. The van der Waals surface area contributed by atoms with Crippen LogP contribution < -0.4 is 10.1 Å². The second-order valence-corrected chi connectivity index (χ2v) is 9.37. The third-order valence-corrected chi connectivity index (χ3v) is 7.22. The number of hydrogen-bond acceptors (Lipinski definition) is 4. The van der Waals surface area contributed by atoms with Crippen molar-refractivity contribution < 1.29 is 22.3 Å². The minimum absolute atomic E-state index is 0.111. The van der Waals surface area contributed by atoms with Crippen molar-refractivity contribution in [1.82, 2.24) is 9.62 Å². The Bertz CT molecular complexity index is 1000. The molecular formula is C22H27FN2O4S. The molecule has 1 amide bonds. The topological polar surface area (TPSA) is 75.7 Å². The smallest absolute Gasteiger partial charge is 0.251 e. The van der Waals surface area contributed by atoms with Gasteiger partial charge in [0.1, 0.15) is 0 Å². The largest absolute Gasteiger partial charge is 0.494 e. The molecule has 162 valence electrons. The Balaban J connectivity index is 1.76. The lowest BCUT2D eigenvalue weighted by molar-refractivity contribution is 0.0939. The summed E-state index contributed by atoms with van der Waals surface area (Å²) in [5, 5.41) is 2.79. The number of hydrogen-bond donors (Lipinski definition) is 1. The van der Waals surface area contributed by atoms with Gasteiger partial charge in [0, 0.05) is 18.7 Å². The number of carbonyl (C=O) groups excluding carboxylic acids is 1. The molecule has 1 aliphatic rings. The van der Waals surface area contributed by atoms with Crippen LogP contribution in [0.2, 0.25) is 0 Å². The van der Waals surface area contributed by atoms with Crippen molar-refractivity contribution in [2.75, 3.05) is 20.2 Å². The van der Waals surface area contributed by atoms with Crippen LogP contribution in [0.1, 0.15) is 54.6 Å². The fourth-order valence-corrected chi connectivity index (χ4v) is 5.11. The molecule has 1 aliphatic heterocycles. The van der Waals surface area contributed by atoms with Crippen LogP contribution in [-0.4, -0.2) is 38.8 Å². The Morgan fingerprint density at radius 3 is 2.43 bits per heavy atom. The zero-order valence-corrected chi connectivity index (χ0v) is 18.0. The summed E-state index contributed by atoms with van der Waals surface area (Å²) in [6.45, 7) is 2.73. The summed E-state index contributed by atoms with van der Waals surface area (Å²) in [5.41, 5.74) is 0.821. The Labute approximate surface area is 177 Å². The average Bonchev–Trinajstić information content (AvgIpc) is 3.04. The van der Waals surface area contributed by atoms with E-state index in [9.17, 15) is 17.6 Å². The monoisotopic (exact) mass is 434 g/mol. The van der Waals surface area contributed by atoms with Gasteiger partial charge in [-0.3, -0.25) is 4.79 Å². The van der Waals surface area contributed by atoms with E-state index >= 15 is 0 Å². The van der Waals surface area contributed by atoms with E-state index < -0.39 is 27.8 Å². The van der Waals surface area contributed by atoms with Crippen LogP contribution in [0.5, 0.6) is 5.75 Å². The van der Waals surface area contributed by atoms with E-state index in [1.54, 1.807) is 25.1 Å². The van der Waals surface area contributed by atoms with Crippen molar-refractivity contribution in [2.24, 2.45) is 0 Å². The highest BCUT2D eigenvalue weighted by Crippen LogP contribution is 2.23. The molecule has 6 nitrogen and oxygen atoms in total. The maximum atomic E-state index is 14.0. The first-order valence-electron chi connectivity index (χ1n) is 10.1. The predicted molar refractivity (Wildman–Crippen MR) is 113 cm³/mol. The van der Waals surface area contributed by atoms with Gasteiger partial charge in [0.05, 0.1) is 18.0 Å². The van der Waals surface area contributed by atoms with Crippen LogP contribution in [0, 0.1) is 5.82 Å². The summed E-state index contributed by atoms with van der Waals surface area (Å²) in [6, 6.07) is 10.1. The number of sulfonamides is 1. The third-order valence-electron chi connectivity index (χ3n) is 5.32. The summed E-state index contributed by atoms with van der Waals surface area (Å²) in [4.78, 5) is 12.8. The minimum atomic E-state index is -3.65. The molecule has 8 heteroatoms. The number of benzene rings is 2. The summed E-state index contributed by atoms with van der Waals surface area (Å²) in [5.74, 6) is -0.808. The lowest BCUT2D eigenvalue weighted by atomic mass is 10.1. The molecule has 0 aliphatic carbocycles. The maximum Gasteiger partial charge on any atom is 0.251 e. The summed E-state index contributed by atoms with van der Waals surface area (Å²) in [7, 11) is -2.26. The van der Waals surface area contributed by atoms with Gasteiger partial charge >= 0.3 is 0 Å². The second-order valence-electron chi connectivity index (χ2n) is 7.44. The quantitative estimate of drug-likeness (QED) is 0.748. The summed E-state index contributed by atoms with van der Waals surface area (Å²) < 4.78 is 46.4. The van der Waals surface area contributed by atoms with Crippen molar-refractivity contribution in [2.45, 2.75) is 43.5 Å². The van der Waals surface area contributed by atoms with Gasteiger partial charge in [0.15, 0.2) is 11.6 Å². The molecule has 1 fully saturated rings. The first kappa shape index (κ1) is 22.2. The van der Waals surface area contributed by atoms with E-state index in [-0.39, 0.29) is 16.2 Å². The number of carbonyl (C=O) groups is 1. The highest BCUT2D eigenvalue weighted by atomic mass is 32.2. The SMILES string of the molecule is COc1ccc(C(C)NC(=O)c2cccc(S(=O)(=O)N3CCCCCC3)c2)cc1F. The van der Waals surface area contributed by atoms with Crippen LogP contribution in [0.4, 0.5) is 4.39 Å². The van der Waals surface area contributed by atoms with Crippen LogP contribution in [0.3, 0.4) is 0 Å². The first-order valence-corrected chi connectivity index (χ1v) is 11.5. The first-order chi connectivity index (χ1) is 14.3. The molecule has 1 atom stereocenters. The Kier molecular flexibility index (Phi) is 7.10. The Morgan fingerprint density at radius 1 is 1.10 bits per heavy atom. The maximum absolute atomic E-state index is 14.0. The Hall–Kier alpha value is -2.45. The molecule has 2 aromatic rings. The van der Waals surface area contributed by atoms with E-state index in [2.05, 4.69) is 5.32 Å². The lowest BCUT2D eigenvalue weighted by Crippen LogP contribution is -2.32. The number of nitrogens with one attached hydrogen (secondary N) is 1. The van der Waals surface area contributed by atoms with Crippen molar-refractivity contribution in [1.29, 1.82) is 0 Å². The molecular weight excluding hydrogens is 407 g/mol. The van der Waals surface area contributed by atoms with Gasteiger partial charge in [0.25, 0.3) is 5.91 Å². The number of methoxy groups -OCH3 is 1. The fourth-order valence-electron chi connectivity index (χ4n) is 3.54. The molecule has 0 bridgehead atoms. The molecule has 30 heavy (non-hydrogen) atoms. The van der Waals surface area contributed by atoms with Crippen LogP contribution >= 0.6 is 0 Å². The van der Waals surface area contributed by atoms with Crippen LogP contribution in [0.25, 0.3) is 0 Å². The predicted octanol–water partition coefficient (Wildman–Crippen LogP) is 3.89. The normalized spacial score (nSPS) is 16.5. The fraction of sp³-hybridized carbons (Fsp3) is 0.409. The molecule has 2 aromatic carbocycles. The standard InChI is InChI=1S/C22H27FN2O4S/c1-16(17-10-11-21(29-2)20(23)15-17)24-22(26)18-8-7-9-19(14-18)30(27,28)25-12-5-3-4-6-13-25/h7-11,14-16H,3-6,12-13H2,1-2H3,(H,24,26). The van der Waals surface area contributed by atoms with Crippen molar-refractivity contribution in [3.63, 3.8) is 0 Å². The van der Waals surface area contributed by atoms with Gasteiger partial charge in [-0.2, -0.15) is 4.31 Å². The van der Waals surface area contributed by atoms with Crippen molar-refractivity contribution >= 4 is 15.9 Å².